The van der Waals surface area contributed by atoms with E-state index in [4.69, 9.17) is 9.40 Å². The second kappa shape index (κ2) is 7.73. The Bertz CT molecular complexity index is 1390. The normalized spacial score (nSPS) is 11.2. The summed E-state index contributed by atoms with van der Waals surface area (Å²) in [6.45, 7) is 4.65. The molecule has 0 aliphatic rings. The lowest BCUT2D eigenvalue weighted by molar-refractivity contribution is 0.103. The fraction of sp³-hybridized carbons (Fsp3) is 0.111. The van der Waals surface area contributed by atoms with Crippen molar-refractivity contribution in [3.05, 3.63) is 113 Å². The summed E-state index contributed by atoms with van der Waals surface area (Å²) in [6, 6.07) is 27.4. The number of nitrogens with zero attached hydrogens (tertiary/aromatic N) is 2. The molecule has 0 unspecified atom stereocenters. The van der Waals surface area contributed by atoms with Gasteiger partial charge in [0.1, 0.15) is 5.76 Å². The molecule has 0 atom stereocenters. The van der Waals surface area contributed by atoms with Gasteiger partial charge in [-0.1, -0.05) is 60.2 Å². The molecule has 0 radical (unpaired) electrons. The Balaban J connectivity index is 1.66. The molecule has 0 bridgehead atoms. The van der Waals surface area contributed by atoms with Crippen molar-refractivity contribution in [2.24, 2.45) is 0 Å². The molecule has 0 saturated carbocycles. The number of furan rings is 1. The Morgan fingerprint density at radius 3 is 2.45 bits per heavy atom. The standard InChI is InChI=1S/C27H22N2O2/c1-18-7-6-8-20(15-18)17-29-24-16-22(26(30)21-9-4-3-5-10-21)12-13-23(24)28-27(29)25-14-11-19(2)31-25/h3-16H,17H2,1-2H3. The molecule has 0 saturated heterocycles. The van der Waals surface area contributed by atoms with Crippen LogP contribution >= 0.6 is 0 Å². The number of hydrogen-bond acceptors (Lipinski definition) is 3. The topological polar surface area (TPSA) is 48.0 Å². The van der Waals surface area contributed by atoms with Crippen LogP contribution in [0.1, 0.15) is 32.8 Å². The summed E-state index contributed by atoms with van der Waals surface area (Å²) < 4.78 is 8.03. The maximum Gasteiger partial charge on any atom is 0.193 e. The minimum Gasteiger partial charge on any atom is -0.458 e. The zero-order valence-corrected chi connectivity index (χ0v) is 17.5. The lowest BCUT2D eigenvalue weighted by atomic mass is 10.0. The van der Waals surface area contributed by atoms with E-state index in [2.05, 4.69) is 35.8 Å². The van der Waals surface area contributed by atoms with E-state index in [1.165, 1.54) is 11.1 Å². The molecular formula is C27H22N2O2. The van der Waals surface area contributed by atoms with Gasteiger partial charge in [-0.25, -0.2) is 4.98 Å². The smallest absolute Gasteiger partial charge is 0.193 e. The molecule has 4 heteroatoms. The molecule has 0 N–H and O–H groups in total. The molecule has 3 aromatic carbocycles. The lowest BCUT2D eigenvalue weighted by Crippen LogP contribution is -2.04. The summed E-state index contributed by atoms with van der Waals surface area (Å²) in [7, 11) is 0. The van der Waals surface area contributed by atoms with Crippen molar-refractivity contribution >= 4 is 16.8 Å². The number of fused-ring (bicyclic) bond motifs is 1. The predicted octanol–water partition coefficient (Wildman–Crippen LogP) is 6.19. The van der Waals surface area contributed by atoms with E-state index in [0.717, 1.165) is 28.4 Å². The van der Waals surface area contributed by atoms with Crippen LogP contribution in [-0.2, 0) is 6.54 Å². The molecule has 0 spiro atoms. The van der Waals surface area contributed by atoms with Crippen LogP contribution in [0.3, 0.4) is 0 Å². The third kappa shape index (κ3) is 3.68. The first-order valence-corrected chi connectivity index (χ1v) is 10.3. The maximum absolute atomic E-state index is 13.0. The summed E-state index contributed by atoms with van der Waals surface area (Å²) in [5, 5.41) is 0. The second-order valence-corrected chi connectivity index (χ2v) is 7.82. The van der Waals surface area contributed by atoms with Crippen LogP contribution in [0.2, 0.25) is 0 Å². The number of carbonyl (C=O) groups excluding carboxylic acids is 1. The Morgan fingerprint density at radius 1 is 0.871 bits per heavy atom. The van der Waals surface area contributed by atoms with Crippen LogP contribution in [-0.4, -0.2) is 15.3 Å². The van der Waals surface area contributed by atoms with Gasteiger partial charge in [-0.15, -0.1) is 0 Å². The highest BCUT2D eigenvalue weighted by atomic mass is 16.3. The third-order valence-corrected chi connectivity index (χ3v) is 5.43. The highest BCUT2D eigenvalue weighted by molar-refractivity contribution is 6.10. The van der Waals surface area contributed by atoms with Crippen molar-refractivity contribution in [1.29, 1.82) is 0 Å². The second-order valence-electron chi connectivity index (χ2n) is 7.82. The van der Waals surface area contributed by atoms with Crippen molar-refractivity contribution in [2.45, 2.75) is 20.4 Å². The molecule has 0 amide bonds. The summed E-state index contributed by atoms with van der Waals surface area (Å²) in [5.41, 5.74) is 5.44. The van der Waals surface area contributed by atoms with E-state index in [-0.39, 0.29) is 5.78 Å². The fourth-order valence-corrected chi connectivity index (χ4v) is 3.92. The maximum atomic E-state index is 13.0. The molecular weight excluding hydrogens is 384 g/mol. The van der Waals surface area contributed by atoms with Crippen molar-refractivity contribution in [3.8, 4) is 11.6 Å². The summed E-state index contributed by atoms with van der Waals surface area (Å²) in [4.78, 5) is 17.9. The van der Waals surface area contributed by atoms with Gasteiger partial charge in [-0.3, -0.25) is 4.79 Å². The molecule has 5 rings (SSSR count). The fourth-order valence-electron chi connectivity index (χ4n) is 3.92. The molecule has 2 aromatic heterocycles. The van der Waals surface area contributed by atoms with E-state index >= 15 is 0 Å². The molecule has 5 aromatic rings. The number of carbonyl (C=O) groups is 1. The number of rotatable bonds is 5. The monoisotopic (exact) mass is 406 g/mol. The van der Waals surface area contributed by atoms with E-state index in [1.807, 2.05) is 67.6 Å². The summed E-state index contributed by atoms with van der Waals surface area (Å²) >= 11 is 0. The Labute approximate surface area is 180 Å². The van der Waals surface area contributed by atoms with Crippen LogP contribution in [0.25, 0.3) is 22.6 Å². The highest BCUT2D eigenvalue weighted by Crippen LogP contribution is 2.28. The lowest BCUT2D eigenvalue weighted by Gasteiger charge is -2.10. The first-order chi connectivity index (χ1) is 15.1. The van der Waals surface area contributed by atoms with E-state index < -0.39 is 0 Å². The predicted molar refractivity (Wildman–Crippen MR) is 122 cm³/mol. The average Bonchev–Trinajstić information content (AvgIpc) is 3.37. The summed E-state index contributed by atoms with van der Waals surface area (Å²) in [5.74, 6) is 2.32. The minimum absolute atomic E-state index is 0.00111. The third-order valence-electron chi connectivity index (χ3n) is 5.43. The molecule has 152 valence electrons. The quantitative estimate of drug-likeness (QED) is 0.327. The van der Waals surface area contributed by atoms with E-state index in [9.17, 15) is 4.79 Å². The number of ketones is 1. The van der Waals surface area contributed by atoms with Gasteiger partial charge in [0, 0.05) is 17.7 Å². The molecule has 4 nitrogen and oxygen atoms in total. The van der Waals surface area contributed by atoms with Gasteiger partial charge in [0.05, 0.1) is 11.0 Å². The largest absolute Gasteiger partial charge is 0.458 e. The van der Waals surface area contributed by atoms with E-state index in [1.54, 1.807) is 0 Å². The van der Waals surface area contributed by atoms with Crippen LogP contribution in [0.15, 0.2) is 89.3 Å². The molecule has 0 aliphatic heterocycles. The Kier molecular flexibility index (Phi) is 4.75. The minimum atomic E-state index is 0.00111. The number of imidazole rings is 1. The van der Waals surface area contributed by atoms with Crippen molar-refractivity contribution in [1.82, 2.24) is 9.55 Å². The van der Waals surface area contributed by atoms with E-state index in [0.29, 0.717) is 17.7 Å². The van der Waals surface area contributed by atoms with Gasteiger partial charge in [0.2, 0.25) is 0 Å². The molecule has 2 heterocycles. The first-order valence-electron chi connectivity index (χ1n) is 10.3. The van der Waals surface area contributed by atoms with Crippen LogP contribution in [0, 0.1) is 13.8 Å². The molecule has 0 fully saturated rings. The van der Waals surface area contributed by atoms with Gasteiger partial charge in [0.15, 0.2) is 17.4 Å². The SMILES string of the molecule is Cc1cccc(Cn2c(-c3ccc(C)o3)nc3ccc(C(=O)c4ccccc4)cc32)c1. The van der Waals surface area contributed by atoms with Crippen LogP contribution in [0.4, 0.5) is 0 Å². The van der Waals surface area contributed by atoms with Gasteiger partial charge in [-0.05, 0) is 49.7 Å². The van der Waals surface area contributed by atoms with Crippen LogP contribution in [0.5, 0.6) is 0 Å². The van der Waals surface area contributed by atoms with Crippen molar-refractivity contribution in [3.63, 3.8) is 0 Å². The van der Waals surface area contributed by atoms with Gasteiger partial charge >= 0.3 is 0 Å². The van der Waals surface area contributed by atoms with Gasteiger partial charge < -0.3 is 8.98 Å². The summed E-state index contributed by atoms with van der Waals surface area (Å²) in [6.07, 6.45) is 0. The average molecular weight is 406 g/mol. The van der Waals surface area contributed by atoms with Crippen molar-refractivity contribution < 1.29 is 9.21 Å². The Hall–Kier alpha value is -3.92. The van der Waals surface area contributed by atoms with Gasteiger partial charge in [0.25, 0.3) is 0 Å². The van der Waals surface area contributed by atoms with Gasteiger partial charge in [-0.2, -0.15) is 0 Å². The molecule has 31 heavy (non-hydrogen) atoms. The molecule has 0 aliphatic carbocycles. The number of aryl methyl sites for hydroxylation is 2. The number of hydrogen-bond donors (Lipinski definition) is 0. The van der Waals surface area contributed by atoms with Crippen LogP contribution < -0.4 is 0 Å². The highest BCUT2D eigenvalue weighted by Gasteiger charge is 2.18. The zero-order chi connectivity index (χ0) is 21.4. The first kappa shape index (κ1) is 19.1. The zero-order valence-electron chi connectivity index (χ0n) is 17.5. The number of benzene rings is 3. The van der Waals surface area contributed by atoms with Crippen molar-refractivity contribution in [2.75, 3.05) is 0 Å². The number of aromatic nitrogens is 2. The Morgan fingerprint density at radius 2 is 1.71 bits per heavy atom.